The van der Waals surface area contributed by atoms with Gasteiger partial charge in [-0.1, -0.05) is 0 Å². The first-order chi connectivity index (χ1) is 13.4. The van der Waals surface area contributed by atoms with E-state index in [1.54, 1.807) is 14.0 Å². The van der Waals surface area contributed by atoms with E-state index in [1.807, 2.05) is 19.1 Å². The standard InChI is InChI=1S/C20H21N3O5/c1-11-16(26-10-18(24)23(3)9-17-22-21-12(2)27-17)8-7-14-13-5-4-6-15(13)20(25)28-19(11)14/h7-8H,4-6,9-10H2,1-3H3. The molecular weight excluding hydrogens is 362 g/mol. The lowest BCUT2D eigenvalue weighted by atomic mass is 10.0. The van der Waals surface area contributed by atoms with E-state index in [1.165, 1.54) is 4.90 Å². The van der Waals surface area contributed by atoms with Gasteiger partial charge in [0.2, 0.25) is 11.8 Å². The van der Waals surface area contributed by atoms with Gasteiger partial charge in [0.1, 0.15) is 11.3 Å². The minimum atomic E-state index is -0.272. The highest BCUT2D eigenvalue weighted by atomic mass is 16.5. The van der Waals surface area contributed by atoms with Crippen molar-refractivity contribution in [1.82, 2.24) is 15.1 Å². The van der Waals surface area contributed by atoms with Gasteiger partial charge in [-0.3, -0.25) is 4.79 Å². The molecule has 1 aliphatic carbocycles. The fourth-order valence-corrected chi connectivity index (χ4v) is 3.56. The smallest absolute Gasteiger partial charge is 0.339 e. The molecule has 146 valence electrons. The number of ether oxygens (including phenoxy) is 1. The number of carbonyl (C=O) groups excluding carboxylic acids is 1. The number of likely N-dealkylation sites (N-methyl/N-ethyl adjacent to an activating group) is 1. The third kappa shape index (κ3) is 3.26. The molecule has 1 aliphatic rings. The van der Waals surface area contributed by atoms with Gasteiger partial charge in [0.25, 0.3) is 5.91 Å². The zero-order chi connectivity index (χ0) is 19.8. The Labute approximate surface area is 161 Å². The Hall–Kier alpha value is -3.16. The molecule has 0 atom stereocenters. The maximum atomic E-state index is 12.3. The predicted octanol–water partition coefficient (Wildman–Crippen LogP) is 2.32. The van der Waals surface area contributed by atoms with Crippen molar-refractivity contribution in [2.24, 2.45) is 0 Å². The molecule has 2 aromatic heterocycles. The minimum absolute atomic E-state index is 0.148. The van der Waals surface area contributed by atoms with Gasteiger partial charge >= 0.3 is 5.63 Å². The highest BCUT2D eigenvalue weighted by molar-refractivity contribution is 5.86. The number of carbonyl (C=O) groups is 1. The Morgan fingerprint density at radius 1 is 1.18 bits per heavy atom. The van der Waals surface area contributed by atoms with Gasteiger partial charge in [0.05, 0.1) is 6.54 Å². The van der Waals surface area contributed by atoms with E-state index in [0.717, 1.165) is 35.8 Å². The molecule has 0 fully saturated rings. The second-order valence-electron chi connectivity index (χ2n) is 7.02. The Balaban J connectivity index is 1.50. The van der Waals surface area contributed by atoms with E-state index in [4.69, 9.17) is 13.6 Å². The zero-order valence-corrected chi connectivity index (χ0v) is 16.1. The third-order valence-electron chi connectivity index (χ3n) is 5.06. The second kappa shape index (κ2) is 7.10. The van der Waals surface area contributed by atoms with Crippen LogP contribution in [0.25, 0.3) is 11.0 Å². The number of benzene rings is 1. The fourth-order valence-electron chi connectivity index (χ4n) is 3.56. The lowest BCUT2D eigenvalue weighted by Gasteiger charge is -2.16. The molecule has 1 amide bonds. The van der Waals surface area contributed by atoms with Crippen molar-refractivity contribution in [3.63, 3.8) is 0 Å². The summed E-state index contributed by atoms with van der Waals surface area (Å²) in [4.78, 5) is 26.0. The fraction of sp³-hybridized carbons (Fsp3) is 0.400. The molecular formula is C20H21N3O5. The molecule has 2 heterocycles. The summed E-state index contributed by atoms with van der Waals surface area (Å²) in [6, 6.07) is 3.73. The normalized spacial score (nSPS) is 13.0. The van der Waals surface area contributed by atoms with E-state index in [-0.39, 0.29) is 24.7 Å². The van der Waals surface area contributed by atoms with Gasteiger partial charge in [0, 0.05) is 30.5 Å². The molecule has 0 aliphatic heterocycles. The number of aromatic nitrogens is 2. The van der Waals surface area contributed by atoms with Gasteiger partial charge in [-0.2, -0.15) is 0 Å². The highest BCUT2D eigenvalue weighted by Crippen LogP contribution is 2.33. The lowest BCUT2D eigenvalue weighted by Crippen LogP contribution is -2.31. The summed E-state index contributed by atoms with van der Waals surface area (Å²) in [6.45, 7) is 3.58. The van der Waals surface area contributed by atoms with E-state index < -0.39 is 0 Å². The Morgan fingerprint density at radius 3 is 2.71 bits per heavy atom. The average molecular weight is 383 g/mol. The lowest BCUT2D eigenvalue weighted by molar-refractivity contribution is -0.132. The van der Waals surface area contributed by atoms with Crippen LogP contribution in [0.4, 0.5) is 0 Å². The first kappa shape index (κ1) is 18.2. The summed E-state index contributed by atoms with van der Waals surface area (Å²) in [6.07, 6.45) is 2.62. The molecule has 3 aromatic rings. The van der Waals surface area contributed by atoms with Crippen LogP contribution in [0.5, 0.6) is 5.75 Å². The van der Waals surface area contributed by atoms with Crippen molar-refractivity contribution in [2.75, 3.05) is 13.7 Å². The van der Waals surface area contributed by atoms with E-state index in [0.29, 0.717) is 28.7 Å². The number of aryl methyl sites for hydroxylation is 3. The van der Waals surface area contributed by atoms with Crippen LogP contribution in [-0.2, 0) is 24.2 Å². The molecule has 8 heteroatoms. The van der Waals surface area contributed by atoms with Crippen LogP contribution in [-0.4, -0.2) is 34.7 Å². The highest BCUT2D eigenvalue weighted by Gasteiger charge is 2.22. The van der Waals surface area contributed by atoms with E-state index >= 15 is 0 Å². The van der Waals surface area contributed by atoms with Gasteiger partial charge in [-0.05, 0) is 43.9 Å². The Bertz CT molecular complexity index is 1110. The van der Waals surface area contributed by atoms with Crippen LogP contribution in [0.2, 0.25) is 0 Å². The molecule has 1 aromatic carbocycles. The van der Waals surface area contributed by atoms with E-state index in [9.17, 15) is 9.59 Å². The van der Waals surface area contributed by atoms with E-state index in [2.05, 4.69) is 10.2 Å². The van der Waals surface area contributed by atoms with Crippen LogP contribution in [0.3, 0.4) is 0 Å². The molecule has 28 heavy (non-hydrogen) atoms. The van der Waals surface area contributed by atoms with Gasteiger partial charge in [-0.25, -0.2) is 4.79 Å². The molecule has 0 unspecified atom stereocenters. The van der Waals surface area contributed by atoms with Crippen LogP contribution in [0.15, 0.2) is 25.8 Å². The monoisotopic (exact) mass is 383 g/mol. The van der Waals surface area contributed by atoms with Crippen molar-refractivity contribution in [2.45, 2.75) is 39.7 Å². The number of hydrogen-bond donors (Lipinski definition) is 0. The first-order valence-corrected chi connectivity index (χ1v) is 9.18. The summed E-state index contributed by atoms with van der Waals surface area (Å²) >= 11 is 0. The van der Waals surface area contributed by atoms with Crippen molar-refractivity contribution >= 4 is 16.9 Å². The van der Waals surface area contributed by atoms with Crippen LogP contribution < -0.4 is 10.4 Å². The average Bonchev–Trinajstić information content (AvgIpc) is 3.31. The number of amides is 1. The second-order valence-corrected chi connectivity index (χ2v) is 7.02. The topological polar surface area (TPSA) is 98.7 Å². The van der Waals surface area contributed by atoms with Gasteiger partial charge in [0.15, 0.2) is 6.61 Å². The largest absolute Gasteiger partial charge is 0.483 e. The molecule has 0 saturated carbocycles. The summed E-state index contributed by atoms with van der Waals surface area (Å²) in [5.74, 6) is 1.10. The van der Waals surface area contributed by atoms with Crippen LogP contribution in [0, 0.1) is 13.8 Å². The number of fused-ring (bicyclic) bond motifs is 3. The summed E-state index contributed by atoms with van der Waals surface area (Å²) in [5, 5.41) is 8.57. The molecule has 0 radical (unpaired) electrons. The molecule has 4 rings (SSSR count). The molecule has 0 saturated heterocycles. The maximum Gasteiger partial charge on any atom is 0.339 e. The van der Waals surface area contributed by atoms with Crippen LogP contribution in [0.1, 0.15) is 34.9 Å². The molecule has 0 bridgehead atoms. The summed E-state index contributed by atoms with van der Waals surface area (Å²) in [7, 11) is 1.64. The van der Waals surface area contributed by atoms with Crippen molar-refractivity contribution in [3.8, 4) is 5.75 Å². The van der Waals surface area contributed by atoms with Crippen molar-refractivity contribution < 1.29 is 18.4 Å². The number of nitrogens with zero attached hydrogens (tertiary/aromatic N) is 3. The number of rotatable bonds is 5. The third-order valence-corrected chi connectivity index (χ3v) is 5.06. The summed E-state index contributed by atoms with van der Waals surface area (Å²) in [5.41, 5.74) is 2.84. The Kier molecular flexibility index (Phi) is 4.62. The zero-order valence-electron chi connectivity index (χ0n) is 16.1. The minimum Gasteiger partial charge on any atom is -0.483 e. The van der Waals surface area contributed by atoms with Gasteiger partial charge in [-0.15, -0.1) is 10.2 Å². The first-order valence-electron chi connectivity index (χ1n) is 9.18. The van der Waals surface area contributed by atoms with Gasteiger partial charge < -0.3 is 18.5 Å². The number of hydrogen-bond acceptors (Lipinski definition) is 7. The van der Waals surface area contributed by atoms with Crippen LogP contribution >= 0.6 is 0 Å². The summed E-state index contributed by atoms with van der Waals surface area (Å²) < 4.78 is 16.5. The SMILES string of the molecule is Cc1nnc(CN(C)C(=O)COc2ccc3c4c(c(=O)oc3c2C)CCC4)o1. The quantitative estimate of drug-likeness (QED) is 0.624. The maximum absolute atomic E-state index is 12.3. The molecule has 8 nitrogen and oxygen atoms in total. The van der Waals surface area contributed by atoms with Crippen molar-refractivity contribution in [1.29, 1.82) is 0 Å². The Morgan fingerprint density at radius 2 is 1.96 bits per heavy atom. The predicted molar refractivity (Wildman–Crippen MR) is 100 cm³/mol. The molecule has 0 N–H and O–H groups in total. The van der Waals surface area contributed by atoms with Crippen molar-refractivity contribution in [3.05, 3.63) is 51.0 Å². The molecule has 0 spiro atoms.